The van der Waals surface area contributed by atoms with Crippen molar-refractivity contribution in [3.05, 3.63) is 35.5 Å². The molecule has 1 fully saturated rings. The molecule has 1 aliphatic rings. The molecule has 2 aromatic heterocycles. The molecular weight excluding hydrogens is 292 g/mol. The lowest BCUT2D eigenvalue weighted by molar-refractivity contribution is 0.161. The van der Waals surface area contributed by atoms with E-state index in [1.165, 1.54) is 0 Å². The number of rotatable bonds is 6. The molecular formula is C17H26N4O2. The Morgan fingerprint density at radius 1 is 1.30 bits per heavy atom. The fourth-order valence-electron chi connectivity index (χ4n) is 3.15. The maximum Gasteiger partial charge on any atom is 0.118 e. The van der Waals surface area contributed by atoms with E-state index in [-0.39, 0.29) is 6.10 Å². The third kappa shape index (κ3) is 4.20. The average molecular weight is 318 g/mol. The number of nitrogens with zero attached hydrogens (tertiary/aromatic N) is 4. The third-order valence-corrected chi connectivity index (χ3v) is 4.44. The Morgan fingerprint density at radius 2 is 2.04 bits per heavy atom. The molecule has 1 unspecified atom stereocenters. The lowest BCUT2D eigenvalue weighted by Gasteiger charge is -2.31. The zero-order valence-electron chi connectivity index (χ0n) is 14.0. The third-order valence-electron chi connectivity index (χ3n) is 4.44. The van der Waals surface area contributed by atoms with Crippen molar-refractivity contribution in [2.75, 3.05) is 13.1 Å². The summed E-state index contributed by atoms with van der Waals surface area (Å²) in [5.74, 6) is 2.11. The molecule has 1 atom stereocenters. The Hall–Kier alpha value is -1.66. The van der Waals surface area contributed by atoms with E-state index < -0.39 is 0 Å². The van der Waals surface area contributed by atoms with Crippen LogP contribution in [-0.2, 0) is 19.4 Å². The van der Waals surface area contributed by atoms with Gasteiger partial charge in [-0.1, -0.05) is 12.1 Å². The van der Waals surface area contributed by atoms with E-state index >= 15 is 0 Å². The summed E-state index contributed by atoms with van der Waals surface area (Å²) < 4.78 is 7.76. The van der Waals surface area contributed by atoms with Crippen LogP contribution in [0.3, 0.4) is 0 Å². The second-order valence-electron chi connectivity index (χ2n) is 6.47. The van der Waals surface area contributed by atoms with Gasteiger partial charge in [0.05, 0.1) is 24.4 Å². The van der Waals surface area contributed by atoms with Crippen molar-refractivity contribution >= 4 is 0 Å². The van der Waals surface area contributed by atoms with Gasteiger partial charge in [0.1, 0.15) is 11.5 Å². The Kier molecular flexibility index (Phi) is 5.13. The molecule has 6 heteroatoms. The van der Waals surface area contributed by atoms with Crippen LogP contribution in [0.1, 0.15) is 49.9 Å². The first-order valence-electron chi connectivity index (χ1n) is 8.52. The second-order valence-corrected chi connectivity index (χ2v) is 6.47. The summed E-state index contributed by atoms with van der Waals surface area (Å²) in [6.07, 6.45) is 5.26. The lowest BCUT2D eigenvalue weighted by Crippen LogP contribution is -2.34. The summed E-state index contributed by atoms with van der Waals surface area (Å²) in [5.41, 5.74) is 0.866. The topological polar surface area (TPSA) is 67.3 Å². The predicted molar refractivity (Wildman–Crippen MR) is 87.0 cm³/mol. The molecule has 6 nitrogen and oxygen atoms in total. The molecule has 126 valence electrons. The van der Waals surface area contributed by atoms with Gasteiger partial charge in [-0.2, -0.15) is 0 Å². The molecule has 1 aliphatic heterocycles. The molecule has 23 heavy (non-hydrogen) atoms. The number of aliphatic hydroxyl groups excluding tert-OH is 1. The molecule has 0 spiro atoms. The number of hydrogen-bond donors (Lipinski definition) is 1. The van der Waals surface area contributed by atoms with Gasteiger partial charge >= 0.3 is 0 Å². The molecule has 0 radical (unpaired) electrons. The zero-order valence-corrected chi connectivity index (χ0v) is 14.0. The van der Waals surface area contributed by atoms with Crippen molar-refractivity contribution in [2.24, 2.45) is 0 Å². The number of aryl methyl sites for hydroxylation is 1. The number of aromatic nitrogens is 3. The van der Waals surface area contributed by atoms with Crippen LogP contribution in [-0.4, -0.2) is 44.2 Å². The smallest absolute Gasteiger partial charge is 0.118 e. The Morgan fingerprint density at radius 3 is 2.70 bits per heavy atom. The summed E-state index contributed by atoms with van der Waals surface area (Å²) >= 11 is 0. The Balaban J connectivity index is 1.50. The largest absolute Gasteiger partial charge is 0.465 e. The summed E-state index contributed by atoms with van der Waals surface area (Å²) in [6.45, 7) is 6.85. The quantitative estimate of drug-likeness (QED) is 0.884. The van der Waals surface area contributed by atoms with Crippen molar-refractivity contribution in [3.63, 3.8) is 0 Å². The number of hydrogen-bond acceptors (Lipinski definition) is 5. The molecule has 0 bridgehead atoms. The van der Waals surface area contributed by atoms with Crippen molar-refractivity contribution in [3.8, 4) is 0 Å². The van der Waals surface area contributed by atoms with Gasteiger partial charge in [0, 0.05) is 32.1 Å². The van der Waals surface area contributed by atoms with Crippen LogP contribution in [0.5, 0.6) is 0 Å². The fourth-order valence-corrected chi connectivity index (χ4v) is 3.15. The second kappa shape index (κ2) is 7.27. The average Bonchev–Trinajstić information content (AvgIpc) is 3.17. The van der Waals surface area contributed by atoms with Gasteiger partial charge in [-0.25, -0.2) is 4.68 Å². The SMILES string of the molecule is CCc1ccc(CN2CCC(n3cc(CC(C)O)nn3)CC2)o1. The van der Waals surface area contributed by atoms with Crippen LogP contribution in [0.25, 0.3) is 0 Å². The normalized spacial score (nSPS) is 18.4. The van der Waals surface area contributed by atoms with Gasteiger partial charge < -0.3 is 9.52 Å². The van der Waals surface area contributed by atoms with Crippen LogP contribution in [0, 0.1) is 0 Å². The zero-order chi connectivity index (χ0) is 16.2. The van der Waals surface area contributed by atoms with Gasteiger partial charge in [-0.05, 0) is 31.9 Å². The maximum absolute atomic E-state index is 9.43. The molecule has 3 heterocycles. The lowest BCUT2D eigenvalue weighted by atomic mass is 10.1. The van der Waals surface area contributed by atoms with Crippen LogP contribution in [0.4, 0.5) is 0 Å². The van der Waals surface area contributed by atoms with E-state index in [9.17, 15) is 5.11 Å². The van der Waals surface area contributed by atoms with E-state index in [1.807, 2.05) is 10.9 Å². The van der Waals surface area contributed by atoms with Gasteiger partial charge in [0.15, 0.2) is 0 Å². The highest BCUT2D eigenvalue weighted by atomic mass is 16.3. The maximum atomic E-state index is 9.43. The highest BCUT2D eigenvalue weighted by molar-refractivity contribution is 5.07. The molecule has 1 N–H and O–H groups in total. The van der Waals surface area contributed by atoms with Crippen LogP contribution < -0.4 is 0 Å². The summed E-state index contributed by atoms with van der Waals surface area (Å²) in [7, 11) is 0. The minimum atomic E-state index is -0.372. The van der Waals surface area contributed by atoms with Crippen molar-refractivity contribution in [2.45, 2.75) is 58.2 Å². The van der Waals surface area contributed by atoms with Crippen LogP contribution in [0.15, 0.2) is 22.7 Å². The fraction of sp³-hybridized carbons (Fsp3) is 0.647. The van der Waals surface area contributed by atoms with Gasteiger partial charge in [-0.15, -0.1) is 5.10 Å². The minimum absolute atomic E-state index is 0.372. The van der Waals surface area contributed by atoms with E-state index in [0.29, 0.717) is 12.5 Å². The molecule has 1 saturated heterocycles. The van der Waals surface area contributed by atoms with E-state index in [2.05, 4.69) is 34.3 Å². The van der Waals surface area contributed by atoms with Crippen LogP contribution in [0.2, 0.25) is 0 Å². The molecule has 3 rings (SSSR count). The Bertz CT molecular complexity index is 612. The molecule has 0 amide bonds. The first-order chi connectivity index (χ1) is 11.1. The van der Waals surface area contributed by atoms with Crippen molar-refractivity contribution in [1.82, 2.24) is 19.9 Å². The predicted octanol–water partition coefficient (Wildman–Crippen LogP) is 2.19. The molecule has 0 aliphatic carbocycles. The molecule has 0 saturated carbocycles. The number of furan rings is 1. The van der Waals surface area contributed by atoms with E-state index in [4.69, 9.17) is 4.42 Å². The van der Waals surface area contributed by atoms with Crippen molar-refractivity contribution in [1.29, 1.82) is 0 Å². The van der Waals surface area contributed by atoms with Gasteiger partial charge in [-0.3, -0.25) is 4.90 Å². The molecule has 0 aromatic carbocycles. The summed E-state index contributed by atoms with van der Waals surface area (Å²) in [4.78, 5) is 2.43. The number of likely N-dealkylation sites (tertiary alicyclic amines) is 1. The first-order valence-corrected chi connectivity index (χ1v) is 8.52. The van der Waals surface area contributed by atoms with Crippen molar-refractivity contribution < 1.29 is 9.52 Å². The van der Waals surface area contributed by atoms with Gasteiger partial charge in [0.25, 0.3) is 0 Å². The highest BCUT2D eigenvalue weighted by Gasteiger charge is 2.22. The van der Waals surface area contributed by atoms with E-state index in [0.717, 1.165) is 56.1 Å². The number of piperidine rings is 1. The summed E-state index contributed by atoms with van der Waals surface area (Å²) in [5, 5.41) is 17.8. The standard InChI is InChI=1S/C17H26N4O2/c1-3-16-4-5-17(23-16)12-20-8-6-15(7-9-20)21-11-14(18-19-21)10-13(2)22/h4-5,11,13,15,22H,3,6-10,12H2,1-2H3. The summed E-state index contributed by atoms with van der Waals surface area (Å²) in [6, 6.07) is 4.57. The molecule has 2 aromatic rings. The van der Waals surface area contributed by atoms with Gasteiger partial charge in [0.2, 0.25) is 0 Å². The minimum Gasteiger partial charge on any atom is -0.465 e. The first kappa shape index (κ1) is 16.2. The Labute approximate surface area is 137 Å². The highest BCUT2D eigenvalue weighted by Crippen LogP contribution is 2.23. The van der Waals surface area contributed by atoms with Crippen LogP contribution >= 0.6 is 0 Å². The monoisotopic (exact) mass is 318 g/mol. The number of aliphatic hydroxyl groups is 1. The van der Waals surface area contributed by atoms with E-state index in [1.54, 1.807) is 6.92 Å².